The number of hydrogen-bond donors (Lipinski definition) is 2. The predicted molar refractivity (Wildman–Crippen MR) is 70.7 cm³/mol. The van der Waals surface area contributed by atoms with Gasteiger partial charge in [0.05, 0.1) is 11.7 Å². The average Bonchev–Trinajstić information content (AvgIpc) is 2.27. The van der Waals surface area contributed by atoms with Gasteiger partial charge in [0.15, 0.2) is 0 Å². The van der Waals surface area contributed by atoms with Crippen molar-refractivity contribution >= 4 is 15.9 Å². The van der Waals surface area contributed by atoms with Crippen molar-refractivity contribution in [2.24, 2.45) is 11.8 Å². The number of nitrogens with two attached hydrogens (primary N) is 1. The number of pyridine rings is 1. The van der Waals surface area contributed by atoms with E-state index in [1.54, 1.807) is 6.20 Å². The number of rotatable bonds is 6. The molecule has 0 fully saturated rings. The Bertz CT molecular complexity index is 317. The molecule has 0 radical (unpaired) electrons. The van der Waals surface area contributed by atoms with Crippen LogP contribution in [0.25, 0.3) is 0 Å². The van der Waals surface area contributed by atoms with Gasteiger partial charge in [-0.25, -0.2) is 0 Å². The Kier molecular flexibility index (Phi) is 5.95. The van der Waals surface area contributed by atoms with Crippen molar-refractivity contribution in [3.63, 3.8) is 0 Å². The van der Waals surface area contributed by atoms with Gasteiger partial charge in [0.25, 0.3) is 0 Å². The Morgan fingerprint density at radius 3 is 2.88 bits per heavy atom. The van der Waals surface area contributed by atoms with E-state index in [0.29, 0.717) is 5.92 Å². The molecular formula is C12H20BrN3. The van der Waals surface area contributed by atoms with E-state index in [4.69, 9.17) is 5.84 Å². The van der Waals surface area contributed by atoms with Crippen LogP contribution in [0.15, 0.2) is 22.8 Å². The molecule has 1 aromatic heterocycles. The van der Waals surface area contributed by atoms with E-state index < -0.39 is 0 Å². The van der Waals surface area contributed by atoms with Crippen LogP contribution >= 0.6 is 15.9 Å². The largest absolute Gasteiger partial charge is 0.271 e. The second-order valence-electron chi connectivity index (χ2n) is 4.22. The summed E-state index contributed by atoms with van der Waals surface area (Å²) in [4.78, 5) is 4.37. The van der Waals surface area contributed by atoms with E-state index in [9.17, 15) is 0 Å². The minimum atomic E-state index is 0.122. The molecule has 0 aliphatic carbocycles. The summed E-state index contributed by atoms with van der Waals surface area (Å²) in [5.41, 5.74) is 3.85. The summed E-state index contributed by atoms with van der Waals surface area (Å²) < 4.78 is 1.02. The van der Waals surface area contributed by atoms with Crippen molar-refractivity contribution in [3.05, 3.63) is 28.5 Å². The van der Waals surface area contributed by atoms with Crippen LogP contribution in [-0.4, -0.2) is 4.98 Å². The third kappa shape index (κ3) is 3.85. The van der Waals surface area contributed by atoms with E-state index in [2.05, 4.69) is 40.2 Å². The summed E-state index contributed by atoms with van der Waals surface area (Å²) >= 11 is 3.51. The van der Waals surface area contributed by atoms with Gasteiger partial charge in [-0.1, -0.05) is 26.7 Å². The van der Waals surface area contributed by atoms with Crippen LogP contribution in [0, 0.1) is 5.92 Å². The van der Waals surface area contributed by atoms with Crippen LogP contribution in [0.5, 0.6) is 0 Å². The Labute approximate surface area is 106 Å². The quantitative estimate of drug-likeness (QED) is 0.624. The topological polar surface area (TPSA) is 50.9 Å². The zero-order chi connectivity index (χ0) is 12.0. The molecule has 2 unspecified atom stereocenters. The fourth-order valence-corrected chi connectivity index (χ4v) is 2.46. The summed E-state index contributed by atoms with van der Waals surface area (Å²) in [6, 6.07) is 4.03. The first kappa shape index (κ1) is 13.6. The number of halogens is 1. The van der Waals surface area contributed by atoms with Crippen molar-refractivity contribution in [2.45, 2.75) is 39.2 Å². The Balaban J connectivity index is 2.71. The minimum Gasteiger partial charge on any atom is -0.271 e. The lowest BCUT2D eigenvalue weighted by Crippen LogP contribution is -2.30. The molecule has 3 N–H and O–H groups in total. The molecule has 0 aromatic carbocycles. The molecule has 0 amide bonds. The van der Waals surface area contributed by atoms with Gasteiger partial charge in [-0.2, -0.15) is 0 Å². The number of hydrazine groups is 1. The van der Waals surface area contributed by atoms with Crippen LogP contribution in [0.4, 0.5) is 0 Å². The monoisotopic (exact) mass is 285 g/mol. The maximum atomic E-state index is 5.61. The molecule has 0 saturated heterocycles. The van der Waals surface area contributed by atoms with E-state index in [-0.39, 0.29) is 6.04 Å². The summed E-state index contributed by atoms with van der Waals surface area (Å²) in [5, 5.41) is 0. The van der Waals surface area contributed by atoms with Crippen LogP contribution in [-0.2, 0) is 0 Å². The lowest BCUT2D eigenvalue weighted by Gasteiger charge is -2.20. The smallest absolute Gasteiger partial charge is 0.0728 e. The SMILES string of the molecule is CCCC(C)CC(NN)c1ncccc1Br. The molecule has 16 heavy (non-hydrogen) atoms. The standard InChI is InChI=1S/C12H20BrN3/c1-3-5-9(2)8-11(16-14)12-10(13)6-4-7-15-12/h4,6-7,9,11,16H,3,5,8,14H2,1-2H3. The van der Waals surface area contributed by atoms with Crippen molar-refractivity contribution in [2.75, 3.05) is 0 Å². The van der Waals surface area contributed by atoms with Crippen molar-refractivity contribution < 1.29 is 0 Å². The van der Waals surface area contributed by atoms with Gasteiger partial charge in [-0.3, -0.25) is 16.3 Å². The molecule has 3 nitrogen and oxygen atoms in total. The molecule has 90 valence electrons. The van der Waals surface area contributed by atoms with E-state index >= 15 is 0 Å². The second kappa shape index (κ2) is 6.99. The first-order valence-electron chi connectivity index (χ1n) is 5.75. The maximum absolute atomic E-state index is 5.61. The first-order chi connectivity index (χ1) is 7.69. The summed E-state index contributed by atoms with van der Waals surface area (Å²) in [5.74, 6) is 6.26. The van der Waals surface area contributed by atoms with Gasteiger partial charge < -0.3 is 0 Å². The summed E-state index contributed by atoms with van der Waals surface area (Å²) in [6.45, 7) is 4.46. The molecule has 1 heterocycles. The summed E-state index contributed by atoms with van der Waals surface area (Å²) in [7, 11) is 0. The fraction of sp³-hybridized carbons (Fsp3) is 0.583. The van der Waals surface area contributed by atoms with Crippen molar-refractivity contribution in [1.82, 2.24) is 10.4 Å². The second-order valence-corrected chi connectivity index (χ2v) is 5.07. The molecule has 0 saturated carbocycles. The lowest BCUT2D eigenvalue weighted by atomic mass is 9.95. The first-order valence-corrected chi connectivity index (χ1v) is 6.54. The highest BCUT2D eigenvalue weighted by Crippen LogP contribution is 2.26. The molecule has 0 aliphatic heterocycles. The van der Waals surface area contributed by atoms with Crippen LogP contribution < -0.4 is 11.3 Å². The predicted octanol–water partition coefficient (Wildman–Crippen LogP) is 3.17. The molecule has 0 aliphatic rings. The maximum Gasteiger partial charge on any atom is 0.0728 e. The Hall–Kier alpha value is -0.450. The van der Waals surface area contributed by atoms with Gasteiger partial charge in [0, 0.05) is 10.7 Å². The molecule has 2 atom stereocenters. The van der Waals surface area contributed by atoms with Gasteiger partial charge in [-0.05, 0) is 40.4 Å². The van der Waals surface area contributed by atoms with Crippen molar-refractivity contribution in [1.29, 1.82) is 0 Å². The fourth-order valence-electron chi connectivity index (χ4n) is 1.93. The van der Waals surface area contributed by atoms with Crippen LogP contribution in [0.3, 0.4) is 0 Å². The van der Waals surface area contributed by atoms with E-state index in [0.717, 1.165) is 16.6 Å². The Morgan fingerprint density at radius 2 is 2.31 bits per heavy atom. The van der Waals surface area contributed by atoms with E-state index in [1.165, 1.54) is 12.8 Å². The third-order valence-corrected chi connectivity index (χ3v) is 3.41. The molecule has 4 heteroatoms. The van der Waals surface area contributed by atoms with Crippen molar-refractivity contribution in [3.8, 4) is 0 Å². The van der Waals surface area contributed by atoms with Gasteiger partial charge in [0.1, 0.15) is 0 Å². The summed E-state index contributed by atoms with van der Waals surface area (Å²) in [6.07, 6.45) is 5.25. The van der Waals surface area contributed by atoms with Crippen LogP contribution in [0.1, 0.15) is 44.8 Å². The minimum absolute atomic E-state index is 0.122. The molecule has 1 rings (SSSR count). The van der Waals surface area contributed by atoms with Gasteiger partial charge in [0.2, 0.25) is 0 Å². The highest BCUT2D eigenvalue weighted by Gasteiger charge is 2.16. The van der Waals surface area contributed by atoms with Gasteiger partial charge in [-0.15, -0.1) is 0 Å². The lowest BCUT2D eigenvalue weighted by molar-refractivity contribution is 0.388. The number of nitrogens with one attached hydrogen (secondary N) is 1. The highest BCUT2D eigenvalue weighted by atomic mass is 79.9. The van der Waals surface area contributed by atoms with E-state index in [1.807, 2.05) is 12.1 Å². The molecule has 0 bridgehead atoms. The number of aromatic nitrogens is 1. The number of nitrogens with zero attached hydrogens (tertiary/aromatic N) is 1. The van der Waals surface area contributed by atoms with Gasteiger partial charge >= 0.3 is 0 Å². The highest BCUT2D eigenvalue weighted by molar-refractivity contribution is 9.10. The molecule has 0 spiro atoms. The average molecular weight is 286 g/mol. The zero-order valence-corrected chi connectivity index (χ0v) is 11.5. The Morgan fingerprint density at radius 1 is 1.56 bits per heavy atom. The van der Waals surface area contributed by atoms with Crippen LogP contribution in [0.2, 0.25) is 0 Å². The zero-order valence-electron chi connectivity index (χ0n) is 9.91. The third-order valence-electron chi connectivity index (χ3n) is 2.74. The molecule has 1 aromatic rings. The number of hydrogen-bond acceptors (Lipinski definition) is 3. The normalized spacial score (nSPS) is 14.8. The molecular weight excluding hydrogens is 266 g/mol.